The number of imidazole rings is 2. The summed E-state index contributed by atoms with van der Waals surface area (Å²) in [5.74, 6) is 0.637. The molecule has 0 spiro atoms. The van der Waals surface area contributed by atoms with Crippen molar-refractivity contribution >= 4 is 0 Å². The fourth-order valence-electron chi connectivity index (χ4n) is 4.67. The second kappa shape index (κ2) is 6.72. The van der Waals surface area contributed by atoms with E-state index in [1.807, 2.05) is 18.7 Å². The monoisotopic (exact) mass is 351 g/mol. The van der Waals surface area contributed by atoms with Gasteiger partial charge in [-0.05, 0) is 12.8 Å². The van der Waals surface area contributed by atoms with E-state index in [-0.39, 0.29) is 6.04 Å². The van der Waals surface area contributed by atoms with Crippen molar-refractivity contribution in [1.82, 2.24) is 35.0 Å². The zero-order chi connectivity index (χ0) is 17.3. The summed E-state index contributed by atoms with van der Waals surface area (Å²) in [6.45, 7) is 1.88. The van der Waals surface area contributed by atoms with Crippen LogP contribution >= 0.6 is 0 Å². The van der Waals surface area contributed by atoms with Crippen LogP contribution in [0, 0.1) is 0 Å². The van der Waals surface area contributed by atoms with Gasteiger partial charge in [-0.1, -0.05) is 19.3 Å². The number of aromatic nitrogens is 6. The molecule has 0 radical (unpaired) electrons. The molecule has 1 saturated carbocycles. The first kappa shape index (κ1) is 15.8. The first-order chi connectivity index (χ1) is 12.9. The van der Waals surface area contributed by atoms with Gasteiger partial charge in [0.25, 0.3) is 0 Å². The normalized spacial score (nSPS) is 21.8. The lowest BCUT2D eigenvalue weighted by Gasteiger charge is -2.34. The van der Waals surface area contributed by atoms with Crippen LogP contribution < -0.4 is 0 Å². The van der Waals surface area contributed by atoms with Crippen LogP contribution in [0.2, 0.25) is 0 Å². The van der Waals surface area contributed by atoms with Gasteiger partial charge >= 0.3 is 0 Å². The molecular weight excluding hydrogens is 326 g/mol. The number of aromatic amines is 3. The Morgan fingerprint density at radius 1 is 1.08 bits per heavy atom. The quantitative estimate of drug-likeness (QED) is 0.674. The van der Waals surface area contributed by atoms with Crippen molar-refractivity contribution < 1.29 is 0 Å². The Bertz CT molecular complexity index is 841. The van der Waals surface area contributed by atoms with E-state index in [0.717, 1.165) is 30.9 Å². The SMILES string of the molecule is c1ncc([C@@H]2c3nc[nH]c3CCN2Cc2cn[nH]c2C2CCCCC2)[nH]1. The van der Waals surface area contributed by atoms with Gasteiger partial charge in [0.2, 0.25) is 0 Å². The van der Waals surface area contributed by atoms with Gasteiger partial charge in [0.15, 0.2) is 0 Å². The molecule has 0 saturated heterocycles. The number of hydrogen-bond acceptors (Lipinski definition) is 4. The standard InChI is InChI=1S/C19H25N7/c1-2-4-13(5-3-1)17-14(8-24-25-17)10-26-7-6-15-18(23-12-22-15)19(26)16-9-20-11-21-16/h8-9,11-13,19H,1-7,10H2,(H,20,21)(H,22,23)(H,24,25)/t19-/m1/s1. The molecule has 7 nitrogen and oxygen atoms in total. The van der Waals surface area contributed by atoms with Crippen LogP contribution in [-0.2, 0) is 13.0 Å². The van der Waals surface area contributed by atoms with E-state index >= 15 is 0 Å². The van der Waals surface area contributed by atoms with E-state index in [4.69, 9.17) is 0 Å². The van der Waals surface area contributed by atoms with E-state index < -0.39 is 0 Å². The maximum atomic E-state index is 4.62. The van der Waals surface area contributed by atoms with E-state index in [2.05, 4.69) is 35.0 Å². The predicted molar refractivity (Wildman–Crippen MR) is 97.5 cm³/mol. The van der Waals surface area contributed by atoms with Crippen LogP contribution in [0.5, 0.6) is 0 Å². The van der Waals surface area contributed by atoms with Crippen molar-refractivity contribution in [3.8, 4) is 0 Å². The third kappa shape index (κ3) is 2.76. The molecule has 2 aliphatic rings. The highest BCUT2D eigenvalue weighted by Gasteiger charge is 2.33. The number of hydrogen-bond donors (Lipinski definition) is 3. The van der Waals surface area contributed by atoms with Crippen molar-refractivity contribution in [2.24, 2.45) is 0 Å². The molecule has 26 heavy (non-hydrogen) atoms. The van der Waals surface area contributed by atoms with Gasteiger partial charge in [-0.25, -0.2) is 9.97 Å². The Morgan fingerprint density at radius 3 is 2.85 bits per heavy atom. The molecule has 5 rings (SSSR count). The lowest BCUT2D eigenvalue weighted by Crippen LogP contribution is -2.36. The second-order valence-corrected chi connectivity index (χ2v) is 7.54. The number of H-pyrrole nitrogens is 3. The number of nitrogens with zero attached hydrogens (tertiary/aromatic N) is 4. The summed E-state index contributed by atoms with van der Waals surface area (Å²) in [5.41, 5.74) is 6.13. The molecule has 1 aliphatic carbocycles. The van der Waals surface area contributed by atoms with Crippen LogP contribution in [-0.4, -0.2) is 41.6 Å². The first-order valence-corrected chi connectivity index (χ1v) is 9.66. The number of fused-ring (bicyclic) bond motifs is 1. The average molecular weight is 351 g/mol. The molecule has 7 heteroatoms. The lowest BCUT2D eigenvalue weighted by atomic mass is 9.85. The van der Waals surface area contributed by atoms with Gasteiger partial charge in [-0.15, -0.1) is 0 Å². The summed E-state index contributed by atoms with van der Waals surface area (Å²) in [4.78, 5) is 17.9. The lowest BCUT2D eigenvalue weighted by molar-refractivity contribution is 0.196. The Hall–Kier alpha value is -2.41. The molecule has 136 valence electrons. The molecule has 3 aromatic rings. The van der Waals surface area contributed by atoms with E-state index in [1.165, 1.54) is 49.1 Å². The highest BCUT2D eigenvalue weighted by molar-refractivity contribution is 5.29. The van der Waals surface area contributed by atoms with Gasteiger partial charge < -0.3 is 9.97 Å². The molecular formula is C19H25N7. The summed E-state index contributed by atoms with van der Waals surface area (Å²) in [6.07, 6.45) is 15.1. The van der Waals surface area contributed by atoms with Crippen molar-refractivity contribution in [3.05, 3.63) is 53.4 Å². The molecule has 0 aromatic carbocycles. The van der Waals surface area contributed by atoms with Gasteiger partial charge in [0.05, 0.1) is 36.3 Å². The third-order valence-electron chi connectivity index (χ3n) is 5.98. The molecule has 0 unspecified atom stereocenters. The Kier molecular flexibility index (Phi) is 4.09. The molecule has 1 fully saturated rings. The minimum atomic E-state index is 0.113. The second-order valence-electron chi connectivity index (χ2n) is 7.54. The maximum absolute atomic E-state index is 4.62. The van der Waals surface area contributed by atoms with E-state index in [0.29, 0.717) is 5.92 Å². The number of nitrogens with one attached hydrogen (secondary N) is 3. The van der Waals surface area contributed by atoms with Crippen molar-refractivity contribution in [1.29, 1.82) is 0 Å². The van der Waals surface area contributed by atoms with Crippen molar-refractivity contribution in [2.75, 3.05) is 6.54 Å². The van der Waals surface area contributed by atoms with Gasteiger partial charge in [-0.2, -0.15) is 5.10 Å². The summed E-state index contributed by atoms with van der Waals surface area (Å²) in [5, 5.41) is 7.70. The summed E-state index contributed by atoms with van der Waals surface area (Å²) in [7, 11) is 0. The molecule has 0 amide bonds. The van der Waals surface area contributed by atoms with E-state index in [9.17, 15) is 0 Å². The summed E-state index contributed by atoms with van der Waals surface area (Å²) in [6, 6.07) is 0.113. The fourth-order valence-corrected chi connectivity index (χ4v) is 4.67. The highest BCUT2D eigenvalue weighted by Crippen LogP contribution is 2.36. The Balaban J connectivity index is 1.44. The van der Waals surface area contributed by atoms with Crippen molar-refractivity contribution in [3.63, 3.8) is 0 Å². The smallest absolute Gasteiger partial charge is 0.0965 e. The average Bonchev–Trinajstić information content (AvgIpc) is 3.44. The minimum absolute atomic E-state index is 0.113. The van der Waals surface area contributed by atoms with Gasteiger partial charge in [-0.3, -0.25) is 10.00 Å². The van der Waals surface area contributed by atoms with Crippen LogP contribution in [0.15, 0.2) is 25.0 Å². The largest absolute Gasteiger partial charge is 0.348 e. The highest BCUT2D eigenvalue weighted by atomic mass is 15.2. The Labute approximate surface area is 152 Å². The van der Waals surface area contributed by atoms with Gasteiger partial charge in [0, 0.05) is 48.6 Å². The van der Waals surface area contributed by atoms with E-state index in [1.54, 1.807) is 6.33 Å². The number of rotatable bonds is 4. The van der Waals surface area contributed by atoms with Crippen LogP contribution in [0.1, 0.15) is 72.4 Å². The first-order valence-electron chi connectivity index (χ1n) is 9.66. The Morgan fingerprint density at radius 2 is 2.00 bits per heavy atom. The summed E-state index contributed by atoms with van der Waals surface area (Å²) >= 11 is 0. The van der Waals surface area contributed by atoms with Crippen LogP contribution in [0.25, 0.3) is 0 Å². The third-order valence-corrected chi connectivity index (χ3v) is 5.98. The van der Waals surface area contributed by atoms with Crippen LogP contribution in [0.3, 0.4) is 0 Å². The molecule has 3 N–H and O–H groups in total. The van der Waals surface area contributed by atoms with Crippen molar-refractivity contribution in [2.45, 2.75) is 57.0 Å². The molecule has 1 atom stereocenters. The zero-order valence-electron chi connectivity index (χ0n) is 14.9. The topological polar surface area (TPSA) is 89.3 Å². The van der Waals surface area contributed by atoms with Crippen LogP contribution in [0.4, 0.5) is 0 Å². The maximum Gasteiger partial charge on any atom is 0.0965 e. The molecule has 0 bridgehead atoms. The summed E-state index contributed by atoms with van der Waals surface area (Å²) < 4.78 is 0. The minimum Gasteiger partial charge on any atom is -0.348 e. The molecule has 4 heterocycles. The predicted octanol–water partition coefficient (Wildman–Crippen LogP) is 3.05. The van der Waals surface area contributed by atoms with Gasteiger partial charge in [0.1, 0.15) is 0 Å². The fraction of sp³-hybridized carbons (Fsp3) is 0.526. The molecule has 3 aromatic heterocycles. The molecule has 1 aliphatic heterocycles. The zero-order valence-corrected chi connectivity index (χ0v) is 14.9.